The monoisotopic (exact) mass is 295 g/mol. The average molecular weight is 295 g/mol. The summed E-state index contributed by atoms with van der Waals surface area (Å²) in [6.07, 6.45) is 3.22. The molecule has 1 rings (SSSR count). The fourth-order valence-corrected chi connectivity index (χ4v) is 2.60. The van der Waals surface area contributed by atoms with Crippen LogP contribution < -0.4 is 5.32 Å². The van der Waals surface area contributed by atoms with Gasteiger partial charge in [-0.15, -0.1) is 0 Å². The van der Waals surface area contributed by atoms with Crippen LogP contribution in [0.5, 0.6) is 0 Å². The van der Waals surface area contributed by atoms with Gasteiger partial charge in [-0.3, -0.25) is 4.79 Å². The van der Waals surface area contributed by atoms with Crippen LogP contribution in [0.2, 0.25) is 0 Å². The summed E-state index contributed by atoms with van der Waals surface area (Å²) >= 11 is 1.76. The molecule has 0 aliphatic carbocycles. The molecule has 0 radical (unpaired) electrons. The number of benzene rings is 1. The van der Waals surface area contributed by atoms with Crippen LogP contribution in [-0.2, 0) is 17.6 Å². The Hall–Kier alpha value is -1.00. The lowest BCUT2D eigenvalue weighted by Crippen LogP contribution is -2.26. The van der Waals surface area contributed by atoms with Crippen LogP contribution in [0.15, 0.2) is 24.3 Å². The first-order valence-corrected chi connectivity index (χ1v) is 8.45. The highest BCUT2D eigenvalue weighted by Gasteiger charge is 2.02. The summed E-state index contributed by atoms with van der Waals surface area (Å²) in [6.45, 7) is 3.10. The number of hydrogen-bond donors (Lipinski definition) is 2. The smallest absolute Gasteiger partial charge is 0.220 e. The number of rotatable bonds is 10. The molecular formula is C16H25NO2S. The van der Waals surface area contributed by atoms with E-state index in [4.69, 9.17) is 5.11 Å². The van der Waals surface area contributed by atoms with Gasteiger partial charge in [0.1, 0.15) is 0 Å². The van der Waals surface area contributed by atoms with Gasteiger partial charge in [0, 0.05) is 25.3 Å². The van der Waals surface area contributed by atoms with Crippen LogP contribution in [0.4, 0.5) is 0 Å². The number of aliphatic hydroxyl groups excluding tert-OH is 1. The minimum atomic E-state index is 0.118. The highest BCUT2D eigenvalue weighted by atomic mass is 32.2. The molecule has 4 heteroatoms. The number of aryl methyl sites for hydroxylation is 2. The zero-order valence-electron chi connectivity index (χ0n) is 12.2. The van der Waals surface area contributed by atoms with Gasteiger partial charge in [-0.1, -0.05) is 31.2 Å². The van der Waals surface area contributed by atoms with Gasteiger partial charge in [0.25, 0.3) is 0 Å². The molecule has 1 aromatic rings. The van der Waals surface area contributed by atoms with Crippen molar-refractivity contribution in [1.82, 2.24) is 5.32 Å². The molecule has 1 aromatic carbocycles. The predicted octanol–water partition coefficient (Wildman–Crippen LogP) is 2.41. The summed E-state index contributed by atoms with van der Waals surface area (Å²) in [7, 11) is 0. The van der Waals surface area contributed by atoms with Crippen molar-refractivity contribution < 1.29 is 9.90 Å². The highest BCUT2D eigenvalue weighted by molar-refractivity contribution is 7.99. The maximum atomic E-state index is 11.7. The van der Waals surface area contributed by atoms with E-state index in [1.54, 1.807) is 11.8 Å². The summed E-state index contributed by atoms with van der Waals surface area (Å²) in [4.78, 5) is 11.7. The minimum Gasteiger partial charge on any atom is -0.396 e. The zero-order chi connectivity index (χ0) is 14.6. The topological polar surface area (TPSA) is 49.3 Å². The Labute approximate surface area is 126 Å². The molecule has 0 fully saturated rings. The maximum absolute atomic E-state index is 11.7. The molecule has 0 aliphatic heterocycles. The van der Waals surface area contributed by atoms with Crippen LogP contribution in [0.25, 0.3) is 0 Å². The molecule has 20 heavy (non-hydrogen) atoms. The minimum absolute atomic E-state index is 0.118. The molecule has 0 aliphatic rings. The Bertz CT molecular complexity index is 379. The lowest BCUT2D eigenvalue weighted by Gasteiger charge is -2.06. The van der Waals surface area contributed by atoms with Crippen LogP contribution in [0.1, 0.15) is 30.9 Å². The van der Waals surface area contributed by atoms with E-state index >= 15 is 0 Å². The second kappa shape index (κ2) is 10.7. The Morgan fingerprint density at radius 3 is 2.55 bits per heavy atom. The van der Waals surface area contributed by atoms with Crippen molar-refractivity contribution in [2.75, 3.05) is 24.7 Å². The third-order valence-electron chi connectivity index (χ3n) is 3.09. The van der Waals surface area contributed by atoms with Crippen molar-refractivity contribution in [3.8, 4) is 0 Å². The van der Waals surface area contributed by atoms with E-state index < -0.39 is 0 Å². The van der Waals surface area contributed by atoms with E-state index in [1.165, 1.54) is 11.1 Å². The van der Waals surface area contributed by atoms with Crippen LogP contribution in [-0.4, -0.2) is 35.7 Å². The number of carbonyl (C=O) groups excluding carboxylic acids is 1. The van der Waals surface area contributed by atoms with Crippen molar-refractivity contribution in [3.63, 3.8) is 0 Å². The van der Waals surface area contributed by atoms with Crippen LogP contribution in [0.3, 0.4) is 0 Å². The molecule has 3 nitrogen and oxygen atoms in total. The van der Waals surface area contributed by atoms with Crippen molar-refractivity contribution in [3.05, 3.63) is 35.4 Å². The molecule has 0 unspecified atom stereocenters. The van der Waals surface area contributed by atoms with Gasteiger partial charge in [-0.2, -0.15) is 11.8 Å². The second-order valence-corrected chi connectivity index (χ2v) is 5.93. The van der Waals surface area contributed by atoms with Gasteiger partial charge in [0.05, 0.1) is 0 Å². The Morgan fingerprint density at radius 1 is 1.20 bits per heavy atom. The number of nitrogens with one attached hydrogen (secondary N) is 1. The molecule has 0 saturated carbocycles. The number of hydrogen-bond acceptors (Lipinski definition) is 3. The quantitative estimate of drug-likeness (QED) is 0.652. The summed E-state index contributed by atoms with van der Waals surface area (Å²) in [5.74, 6) is 1.99. The molecule has 2 N–H and O–H groups in total. The summed E-state index contributed by atoms with van der Waals surface area (Å²) < 4.78 is 0. The molecular weight excluding hydrogens is 270 g/mol. The van der Waals surface area contributed by atoms with E-state index in [-0.39, 0.29) is 12.5 Å². The molecule has 0 atom stereocenters. The molecule has 0 bridgehead atoms. The van der Waals surface area contributed by atoms with Crippen LogP contribution >= 0.6 is 11.8 Å². The summed E-state index contributed by atoms with van der Waals surface area (Å²) in [5, 5.41) is 11.6. The van der Waals surface area contributed by atoms with Crippen molar-refractivity contribution in [1.29, 1.82) is 0 Å². The van der Waals surface area contributed by atoms with E-state index in [0.717, 1.165) is 30.8 Å². The number of carbonyl (C=O) groups is 1. The first-order valence-electron chi connectivity index (χ1n) is 7.29. The van der Waals surface area contributed by atoms with E-state index in [2.05, 4.69) is 36.5 Å². The molecule has 0 heterocycles. The van der Waals surface area contributed by atoms with Gasteiger partial charge < -0.3 is 10.4 Å². The van der Waals surface area contributed by atoms with E-state index in [9.17, 15) is 4.79 Å². The zero-order valence-corrected chi connectivity index (χ0v) is 13.0. The van der Waals surface area contributed by atoms with Gasteiger partial charge in [0.15, 0.2) is 0 Å². The SMILES string of the molecule is CCc1ccc(CCC(=O)NCCSCCCO)cc1. The number of aliphatic hydroxyl groups is 1. The number of amides is 1. The lowest BCUT2D eigenvalue weighted by atomic mass is 10.1. The first kappa shape index (κ1) is 17.1. The summed E-state index contributed by atoms with van der Waals surface area (Å²) in [5.41, 5.74) is 2.55. The lowest BCUT2D eigenvalue weighted by molar-refractivity contribution is -0.120. The summed E-state index contributed by atoms with van der Waals surface area (Å²) in [6, 6.07) is 8.48. The van der Waals surface area contributed by atoms with Crippen molar-refractivity contribution in [2.24, 2.45) is 0 Å². The van der Waals surface area contributed by atoms with Gasteiger partial charge in [-0.05, 0) is 36.1 Å². The maximum Gasteiger partial charge on any atom is 0.220 e. The third-order valence-corrected chi connectivity index (χ3v) is 4.16. The third kappa shape index (κ3) is 7.56. The molecule has 0 spiro atoms. The molecule has 0 aromatic heterocycles. The normalized spacial score (nSPS) is 10.5. The van der Waals surface area contributed by atoms with Crippen LogP contribution in [0, 0.1) is 0 Å². The fraction of sp³-hybridized carbons (Fsp3) is 0.562. The second-order valence-electron chi connectivity index (χ2n) is 4.71. The first-order chi connectivity index (χ1) is 9.76. The molecule has 1 amide bonds. The standard InChI is InChI=1S/C16H25NO2S/c1-2-14-4-6-15(7-5-14)8-9-16(19)17-10-13-20-12-3-11-18/h4-7,18H,2-3,8-13H2,1H3,(H,17,19). The molecule has 112 valence electrons. The predicted molar refractivity (Wildman–Crippen MR) is 86.2 cm³/mol. The van der Waals surface area contributed by atoms with E-state index in [1.807, 2.05) is 0 Å². The van der Waals surface area contributed by atoms with Crippen molar-refractivity contribution in [2.45, 2.75) is 32.6 Å². The fourth-order valence-electron chi connectivity index (χ4n) is 1.82. The Morgan fingerprint density at radius 2 is 1.90 bits per heavy atom. The average Bonchev–Trinajstić information content (AvgIpc) is 2.49. The van der Waals surface area contributed by atoms with Gasteiger partial charge in [0.2, 0.25) is 5.91 Å². The Balaban J connectivity index is 2.10. The van der Waals surface area contributed by atoms with Gasteiger partial charge >= 0.3 is 0 Å². The van der Waals surface area contributed by atoms with Gasteiger partial charge in [-0.25, -0.2) is 0 Å². The van der Waals surface area contributed by atoms with E-state index in [0.29, 0.717) is 13.0 Å². The molecule has 0 saturated heterocycles. The van der Waals surface area contributed by atoms with Crippen molar-refractivity contribution >= 4 is 17.7 Å². The highest BCUT2D eigenvalue weighted by Crippen LogP contribution is 2.07. The Kier molecular flexibility index (Phi) is 9.16. The largest absolute Gasteiger partial charge is 0.396 e. The number of thioether (sulfide) groups is 1.